The molecule has 0 unspecified atom stereocenters. The number of hydrogen-bond donors (Lipinski definition) is 3. The third kappa shape index (κ3) is 6.37. The van der Waals surface area contributed by atoms with Crippen LogP contribution >= 0.6 is 12.2 Å². The molecule has 0 aliphatic heterocycles. The molecule has 0 heterocycles. The molecule has 1 saturated carbocycles. The lowest BCUT2D eigenvalue weighted by molar-refractivity contribution is -0.127. The molecule has 0 radical (unpaired) electrons. The number of thiocarbonyl (C=S) groups is 1. The number of ether oxygens (including phenoxy) is 2. The van der Waals surface area contributed by atoms with Gasteiger partial charge < -0.3 is 14.8 Å². The van der Waals surface area contributed by atoms with Crippen LogP contribution in [0.3, 0.4) is 0 Å². The van der Waals surface area contributed by atoms with E-state index in [0.717, 1.165) is 12.2 Å². The summed E-state index contributed by atoms with van der Waals surface area (Å²) in [6.45, 7) is 6.45. The molecule has 0 saturated heterocycles. The van der Waals surface area contributed by atoms with Crippen molar-refractivity contribution < 1.29 is 14.3 Å². The van der Waals surface area contributed by atoms with E-state index in [0.29, 0.717) is 29.4 Å². The lowest BCUT2D eigenvalue weighted by Gasteiger charge is -2.30. The zero-order valence-electron chi connectivity index (χ0n) is 15.7. The summed E-state index contributed by atoms with van der Waals surface area (Å²) in [5, 5.41) is 3.72. The highest BCUT2D eigenvalue weighted by Gasteiger charge is 2.22. The van der Waals surface area contributed by atoms with Crippen molar-refractivity contribution in [2.24, 2.45) is 5.92 Å². The van der Waals surface area contributed by atoms with Crippen molar-refractivity contribution in [1.82, 2.24) is 16.2 Å². The van der Waals surface area contributed by atoms with Gasteiger partial charge in [0.1, 0.15) is 11.5 Å². The van der Waals surface area contributed by atoms with E-state index in [-0.39, 0.29) is 5.91 Å². The highest BCUT2D eigenvalue weighted by molar-refractivity contribution is 7.80. The molecule has 1 aromatic rings. The molecule has 1 aromatic carbocycles. The van der Waals surface area contributed by atoms with Crippen LogP contribution in [0.15, 0.2) is 24.3 Å². The first kappa shape index (κ1) is 20.3. The molecule has 3 N–H and O–H groups in total. The number of carbonyl (C=O) groups is 1. The van der Waals surface area contributed by atoms with E-state index < -0.39 is 6.10 Å². The number of nitrogens with one attached hydrogen (secondary N) is 3. The number of hydrogen-bond acceptors (Lipinski definition) is 4. The van der Waals surface area contributed by atoms with Crippen LogP contribution in [0, 0.1) is 5.92 Å². The van der Waals surface area contributed by atoms with Crippen LogP contribution in [0.25, 0.3) is 0 Å². The van der Waals surface area contributed by atoms with Crippen molar-refractivity contribution >= 4 is 23.2 Å². The largest absolute Gasteiger partial charge is 0.494 e. The number of amides is 1. The van der Waals surface area contributed by atoms with Gasteiger partial charge in [-0.25, -0.2) is 0 Å². The minimum atomic E-state index is -0.656. The molecule has 144 valence electrons. The summed E-state index contributed by atoms with van der Waals surface area (Å²) in [7, 11) is 0. The summed E-state index contributed by atoms with van der Waals surface area (Å²) in [6.07, 6.45) is 4.14. The zero-order valence-corrected chi connectivity index (χ0v) is 16.5. The maximum atomic E-state index is 12.2. The molecule has 26 heavy (non-hydrogen) atoms. The number of hydrazine groups is 1. The molecule has 2 rings (SSSR count). The van der Waals surface area contributed by atoms with E-state index in [4.69, 9.17) is 21.7 Å². The summed E-state index contributed by atoms with van der Waals surface area (Å²) in [6, 6.07) is 7.54. The predicted molar refractivity (Wildman–Crippen MR) is 106 cm³/mol. The fraction of sp³-hybridized carbons (Fsp3) is 0.579. The van der Waals surface area contributed by atoms with Crippen molar-refractivity contribution in [1.29, 1.82) is 0 Å². The lowest BCUT2D eigenvalue weighted by atomic mass is 9.86. The van der Waals surface area contributed by atoms with Crippen LogP contribution in [-0.4, -0.2) is 29.8 Å². The Labute approximate surface area is 161 Å². The molecule has 1 fully saturated rings. The van der Waals surface area contributed by atoms with Crippen molar-refractivity contribution in [3.63, 3.8) is 0 Å². The first-order valence-corrected chi connectivity index (χ1v) is 9.66. The van der Waals surface area contributed by atoms with Crippen LogP contribution in [0.1, 0.15) is 46.5 Å². The summed E-state index contributed by atoms with van der Waals surface area (Å²) in [5.41, 5.74) is 5.36. The Hall–Kier alpha value is -2.02. The Morgan fingerprint density at radius 2 is 1.85 bits per heavy atom. The number of rotatable bonds is 6. The van der Waals surface area contributed by atoms with Crippen molar-refractivity contribution in [3.8, 4) is 11.5 Å². The van der Waals surface area contributed by atoms with Gasteiger partial charge in [-0.15, -0.1) is 0 Å². The van der Waals surface area contributed by atoms with Gasteiger partial charge in [-0.05, 0) is 69.1 Å². The van der Waals surface area contributed by atoms with Crippen LogP contribution in [0.2, 0.25) is 0 Å². The molecule has 6 nitrogen and oxygen atoms in total. The molecule has 0 aromatic heterocycles. The third-order valence-electron chi connectivity index (χ3n) is 4.54. The van der Waals surface area contributed by atoms with Gasteiger partial charge in [0.2, 0.25) is 0 Å². The van der Waals surface area contributed by atoms with Gasteiger partial charge in [0.15, 0.2) is 11.2 Å². The summed E-state index contributed by atoms with van der Waals surface area (Å²) < 4.78 is 11.0. The smallest absolute Gasteiger partial charge is 0.279 e. The lowest BCUT2D eigenvalue weighted by Crippen LogP contribution is -2.53. The molecular weight excluding hydrogens is 350 g/mol. The Morgan fingerprint density at radius 3 is 2.50 bits per heavy atom. The minimum absolute atomic E-state index is 0.292. The van der Waals surface area contributed by atoms with E-state index in [9.17, 15) is 4.79 Å². The van der Waals surface area contributed by atoms with E-state index >= 15 is 0 Å². The predicted octanol–water partition coefficient (Wildman–Crippen LogP) is 2.93. The van der Waals surface area contributed by atoms with E-state index in [1.54, 1.807) is 19.1 Å². The fourth-order valence-corrected chi connectivity index (χ4v) is 3.20. The first-order chi connectivity index (χ1) is 12.5. The van der Waals surface area contributed by atoms with Crippen LogP contribution < -0.4 is 25.6 Å². The molecule has 0 spiro atoms. The summed E-state index contributed by atoms with van der Waals surface area (Å²) in [5.74, 6) is 1.67. The second kappa shape index (κ2) is 10.2. The molecule has 3 atom stereocenters. The van der Waals surface area contributed by atoms with Gasteiger partial charge in [0.25, 0.3) is 5.91 Å². The van der Waals surface area contributed by atoms with Crippen molar-refractivity contribution in [3.05, 3.63) is 24.3 Å². The monoisotopic (exact) mass is 379 g/mol. The van der Waals surface area contributed by atoms with Gasteiger partial charge in [0, 0.05) is 6.04 Å². The number of carbonyl (C=O) groups excluding carboxylic acids is 1. The Kier molecular flexibility index (Phi) is 7.97. The van der Waals surface area contributed by atoms with Crippen LogP contribution in [0.5, 0.6) is 11.5 Å². The van der Waals surface area contributed by atoms with Crippen LogP contribution in [-0.2, 0) is 4.79 Å². The summed E-state index contributed by atoms with van der Waals surface area (Å²) in [4.78, 5) is 12.2. The third-order valence-corrected chi connectivity index (χ3v) is 4.76. The maximum absolute atomic E-state index is 12.2. The summed E-state index contributed by atoms with van der Waals surface area (Å²) >= 11 is 5.27. The molecule has 7 heteroatoms. The van der Waals surface area contributed by atoms with E-state index in [1.807, 2.05) is 19.1 Å². The molecule has 1 amide bonds. The SMILES string of the molecule is CCOc1ccc(O[C@@H](C)C(=O)NNC(=S)N[C@@H]2CCCC[C@@H]2C)cc1. The molecule has 0 bridgehead atoms. The number of benzene rings is 1. The van der Waals surface area contributed by atoms with Gasteiger partial charge in [0.05, 0.1) is 6.61 Å². The van der Waals surface area contributed by atoms with Crippen molar-refractivity contribution in [2.45, 2.75) is 58.6 Å². The van der Waals surface area contributed by atoms with Crippen LogP contribution in [0.4, 0.5) is 0 Å². The Balaban J connectivity index is 1.73. The highest BCUT2D eigenvalue weighted by Crippen LogP contribution is 2.23. The molecule has 1 aliphatic rings. The Bertz CT molecular complexity index is 594. The van der Waals surface area contributed by atoms with Gasteiger partial charge in [-0.2, -0.15) is 0 Å². The topological polar surface area (TPSA) is 71.6 Å². The first-order valence-electron chi connectivity index (χ1n) is 9.25. The standard InChI is InChI=1S/C19H29N3O3S/c1-4-24-15-9-11-16(12-10-15)25-14(3)18(23)21-22-19(26)20-17-8-6-5-7-13(17)2/h9-14,17H,4-8H2,1-3H3,(H,21,23)(H2,20,22,26)/t13-,14-,17+/m0/s1. The van der Waals surface area contributed by atoms with Gasteiger partial charge in [-0.1, -0.05) is 19.8 Å². The zero-order chi connectivity index (χ0) is 18.9. The average Bonchev–Trinajstić information content (AvgIpc) is 2.63. The second-order valence-electron chi connectivity index (χ2n) is 6.62. The molecular formula is C19H29N3O3S. The maximum Gasteiger partial charge on any atom is 0.279 e. The van der Waals surface area contributed by atoms with Gasteiger partial charge in [-0.3, -0.25) is 15.6 Å². The van der Waals surface area contributed by atoms with E-state index in [1.165, 1.54) is 19.3 Å². The van der Waals surface area contributed by atoms with Gasteiger partial charge >= 0.3 is 0 Å². The van der Waals surface area contributed by atoms with Crippen molar-refractivity contribution in [2.75, 3.05) is 6.61 Å². The molecule has 1 aliphatic carbocycles. The Morgan fingerprint density at radius 1 is 1.19 bits per heavy atom. The second-order valence-corrected chi connectivity index (χ2v) is 7.03. The quantitative estimate of drug-likeness (QED) is 0.521. The highest BCUT2D eigenvalue weighted by atomic mass is 32.1. The normalized spacial score (nSPS) is 20.6. The van der Waals surface area contributed by atoms with E-state index in [2.05, 4.69) is 23.1 Å². The average molecular weight is 380 g/mol. The minimum Gasteiger partial charge on any atom is -0.494 e. The fourth-order valence-electron chi connectivity index (χ4n) is 2.99.